The molecular formula is C19H15N5O2. The first kappa shape index (κ1) is 17.4. The van der Waals surface area contributed by atoms with E-state index in [0.717, 1.165) is 0 Å². The minimum absolute atomic E-state index is 0.400. The highest BCUT2D eigenvalue weighted by molar-refractivity contribution is 5.89. The van der Waals surface area contributed by atoms with Gasteiger partial charge in [0.2, 0.25) is 17.1 Å². The Bertz CT molecular complexity index is 929. The van der Waals surface area contributed by atoms with Crippen molar-refractivity contribution in [2.24, 2.45) is 16.7 Å². The first-order valence-electron chi connectivity index (χ1n) is 8.08. The maximum absolute atomic E-state index is 10.0. The molecule has 4 atom stereocenters. The van der Waals surface area contributed by atoms with E-state index in [9.17, 15) is 15.8 Å². The lowest BCUT2D eigenvalue weighted by Gasteiger charge is -2.48. The second kappa shape index (κ2) is 5.57. The topological polar surface area (TPSA) is 137 Å². The number of nitrogens with zero attached hydrogens (tertiary/aromatic N) is 4. The summed E-state index contributed by atoms with van der Waals surface area (Å²) in [6.45, 7) is 3.44. The van der Waals surface area contributed by atoms with Crippen molar-refractivity contribution in [2.45, 2.75) is 32.2 Å². The Morgan fingerprint density at radius 2 is 1.69 bits per heavy atom. The summed E-state index contributed by atoms with van der Waals surface area (Å²) in [5, 5.41) is 47.3. The number of hydrogen-bond donors (Lipinski definition) is 1. The zero-order valence-corrected chi connectivity index (χ0v) is 14.3. The van der Waals surface area contributed by atoms with Gasteiger partial charge in [0, 0.05) is 6.92 Å². The minimum Gasteiger partial charge on any atom is -0.448 e. The van der Waals surface area contributed by atoms with E-state index < -0.39 is 34.5 Å². The molecular weight excluding hydrogens is 330 g/mol. The highest BCUT2D eigenvalue weighted by atomic mass is 16.7. The summed E-state index contributed by atoms with van der Waals surface area (Å²) in [4.78, 5) is 0. The molecule has 1 aromatic carbocycles. The number of nitriles is 4. The van der Waals surface area contributed by atoms with Crippen molar-refractivity contribution >= 4 is 5.90 Å². The molecule has 4 unspecified atom stereocenters. The Kier molecular flexibility index (Phi) is 3.73. The second-order valence-electron chi connectivity index (χ2n) is 6.59. The minimum atomic E-state index is -1.95. The van der Waals surface area contributed by atoms with Crippen molar-refractivity contribution in [1.82, 2.24) is 0 Å². The van der Waals surface area contributed by atoms with Gasteiger partial charge in [-0.15, -0.1) is 0 Å². The Morgan fingerprint density at radius 1 is 1.08 bits per heavy atom. The molecule has 0 radical (unpaired) electrons. The molecule has 2 aliphatic heterocycles. The molecule has 0 amide bonds. The number of benzene rings is 1. The van der Waals surface area contributed by atoms with Gasteiger partial charge < -0.3 is 9.47 Å². The Balaban J connectivity index is 2.30. The number of hydrogen-bond acceptors (Lipinski definition) is 7. The summed E-state index contributed by atoms with van der Waals surface area (Å²) in [5.74, 6) is -2.34. The van der Waals surface area contributed by atoms with Crippen LogP contribution in [0.1, 0.15) is 37.5 Å². The first-order valence-corrected chi connectivity index (χ1v) is 8.08. The zero-order valence-electron chi connectivity index (χ0n) is 14.3. The molecule has 0 saturated carbocycles. The number of fused-ring (bicyclic) bond motifs is 2. The molecule has 128 valence electrons. The number of nitrogens with one attached hydrogen (secondary N) is 1. The molecule has 0 aliphatic carbocycles. The highest BCUT2D eigenvalue weighted by Gasteiger charge is 2.78. The lowest BCUT2D eigenvalue weighted by Crippen LogP contribution is -2.58. The predicted molar refractivity (Wildman–Crippen MR) is 87.7 cm³/mol. The normalized spacial score (nSPS) is 33.8. The predicted octanol–water partition coefficient (Wildman–Crippen LogP) is 2.92. The second-order valence-corrected chi connectivity index (χ2v) is 6.59. The molecule has 2 fully saturated rings. The Morgan fingerprint density at radius 3 is 2.15 bits per heavy atom. The fourth-order valence-electron chi connectivity index (χ4n) is 4.26. The number of ether oxygens (including phenoxy) is 2. The highest BCUT2D eigenvalue weighted by Crippen LogP contribution is 2.67. The van der Waals surface area contributed by atoms with E-state index in [4.69, 9.17) is 20.1 Å². The van der Waals surface area contributed by atoms with Gasteiger partial charge >= 0.3 is 0 Å². The molecule has 7 heteroatoms. The third kappa shape index (κ3) is 1.79. The van der Waals surface area contributed by atoms with E-state index in [1.807, 2.05) is 25.1 Å². The molecule has 3 rings (SSSR count). The summed E-state index contributed by atoms with van der Waals surface area (Å²) in [5.41, 5.74) is -2.80. The lowest BCUT2D eigenvalue weighted by atomic mass is 9.53. The van der Waals surface area contributed by atoms with Crippen molar-refractivity contribution in [1.29, 1.82) is 26.5 Å². The Labute approximate surface area is 151 Å². The monoisotopic (exact) mass is 345 g/mol. The third-order valence-corrected chi connectivity index (χ3v) is 5.47. The van der Waals surface area contributed by atoms with Crippen LogP contribution in [0.25, 0.3) is 0 Å². The largest absolute Gasteiger partial charge is 0.448 e. The van der Waals surface area contributed by atoms with Crippen LogP contribution in [0.3, 0.4) is 0 Å². The van der Waals surface area contributed by atoms with Crippen molar-refractivity contribution < 1.29 is 9.47 Å². The maximum Gasteiger partial charge on any atom is 0.214 e. The van der Waals surface area contributed by atoms with Gasteiger partial charge in [0.15, 0.2) is 5.41 Å². The van der Waals surface area contributed by atoms with Gasteiger partial charge in [0.25, 0.3) is 0 Å². The van der Waals surface area contributed by atoms with Crippen LogP contribution in [-0.4, -0.2) is 11.7 Å². The van der Waals surface area contributed by atoms with Gasteiger partial charge in [0.05, 0.1) is 35.8 Å². The standard InChI is InChI=1S/C19H15N5O2/c1-3-14-17(2)25-15(13-6-4-12(8-20)5-7-13)18(9-21,10-22)19(14,11-23)16(24)26-17/h4-7,14-15,24H,3H2,1-2H3. The molecule has 1 aromatic rings. The van der Waals surface area contributed by atoms with E-state index in [0.29, 0.717) is 17.5 Å². The first-order chi connectivity index (χ1) is 12.4. The Hall–Kier alpha value is -3.39. The molecule has 2 saturated heterocycles. The molecule has 1 N–H and O–H groups in total. The van der Waals surface area contributed by atoms with E-state index in [1.165, 1.54) is 0 Å². The fourth-order valence-corrected chi connectivity index (χ4v) is 4.26. The van der Waals surface area contributed by atoms with Crippen LogP contribution in [0.2, 0.25) is 0 Å². The van der Waals surface area contributed by atoms with Crippen molar-refractivity contribution in [3.05, 3.63) is 35.4 Å². The van der Waals surface area contributed by atoms with Crippen LogP contribution < -0.4 is 0 Å². The van der Waals surface area contributed by atoms with Gasteiger partial charge in [-0.1, -0.05) is 19.1 Å². The SMILES string of the molecule is CCC1C2(C)OC(=N)C1(C#N)C(C#N)(C#N)C(c1ccc(C#N)cc1)O2. The average Bonchev–Trinajstić information content (AvgIpc) is 2.84. The van der Waals surface area contributed by atoms with Crippen molar-refractivity contribution in [3.63, 3.8) is 0 Å². The van der Waals surface area contributed by atoms with Crippen LogP contribution in [0, 0.1) is 67.5 Å². The quantitative estimate of drug-likeness (QED) is 0.874. The summed E-state index contributed by atoms with van der Waals surface area (Å²) in [7, 11) is 0. The molecule has 2 heterocycles. The molecule has 0 aromatic heterocycles. The van der Waals surface area contributed by atoms with Crippen molar-refractivity contribution in [3.8, 4) is 24.3 Å². The smallest absolute Gasteiger partial charge is 0.214 e. The van der Waals surface area contributed by atoms with Gasteiger partial charge in [-0.05, 0) is 24.1 Å². The van der Waals surface area contributed by atoms with E-state index in [1.54, 1.807) is 31.2 Å². The third-order valence-electron chi connectivity index (χ3n) is 5.47. The van der Waals surface area contributed by atoms with Crippen LogP contribution >= 0.6 is 0 Å². The summed E-state index contributed by atoms with van der Waals surface area (Å²) < 4.78 is 11.7. The molecule has 26 heavy (non-hydrogen) atoms. The van der Waals surface area contributed by atoms with Crippen LogP contribution in [0.15, 0.2) is 24.3 Å². The number of rotatable bonds is 2. The van der Waals surface area contributed by atoms with Crippen LogP contribution in [-0.2, 0) is 9.47 Å². The average molecular weight is 345 g/mol. The molecule has 0 spiro atoms. The van der Waals surface area contributed by atoms with E-state index in [-0.39, 0.29) is 0 Å². The van der Waals surface area contributed by atoms with Crippen LogP contribution in [0.4, 0.5) is 0 Å². The molecule has 2 aliphatic rings. The lowest BCUT2D eigenvalue weighted by molar-refractivity contribution is -0.273. The molecule has 2 bridgehead atoms. The summed E-state index contributed by atoms with van der Waals surface area (Å²) in [6.07, 6.45) is -0.696. The molecule has 7 nitrogen and oxygen atoms in total. The van der Waals surface area contributed by atoms with Crippen molar-refractivity contribution in [2.75, 3.05) is 0 Å². The van der Waals surface area contributed by atoms with Gasteiger partial charge in [0.1, 0.15) is 6.10 Å². The zero-order chi connectivity index (χ0) is 19.2. The summed E-state index contributed by atoms with van der Waals surface area (Å²) >= 11 is 0. The van der Waals surface area contributed by atoms with E-state index >= 15 is 0 Å². The summed E-state index contributed by atoms with van der Waals surface area (Å²) in [6, 6.07) is 14.3. The van der Waals surface area contributed by atoms with Crippen LogP contribution in [0.5, 0.6) is 0 Å². The van der Waals surface area contributed by atoms with Gasteiger partial charge in [-0.25, -0.2) is 0 Å². The maximum atomic E-state index is 10.0. The fraction of sp³-hybridized carbons (Fsp3) is 0.421. The van der Waals surface area contributed by atoms with Gasteiger partial charge in [-0.2, -0.15) is 21.0 Å². The van der Waals surface area contributed by atoms with Gasteiger partial charge in [-0.3, -0.25) is 5.41 Å². The van der Waals surface area contributed by atoms with E-state index in [2.05, 4.69) is 6.07 Å².